The highest BCUT2D eigenvalue weighted by Crippen LogP contribution is 2.39. The van der Waals surface area contributed by atoms with Gasteiger partial charge in [-0.05, 0) is 47.0 Å². The van der Waals surface area contributed by atoms with E-state index >= 15 is 4.39 Å². The normalized spacial score (nSPS) is 11.7. The molecular formula is C22H20ClFN2O3. The summed E-state index contributed by atoms with van der Waals surface area (Å²) in [4.78, 5) is 11.0. The number of ether oxygens (including phenoxy) is 1. The van der Waals surface area contributed by atoms with Crippen LogP contribution in [0.15, 0.2) is 60.7 Å². The number of methoxy groups -OCH3 is 1. The van der Waals surface area contributed by atoms with Crippen LogP contribution in [0.4, 0.5) is 14.9 Å². The Morgan fingerprint density at radius 2 is 1.93 bits per heavy atom. The molecular weight excluding hydrogens is 395 g/mol. The minimum atomic E-state index is -0.677. The summed E-state index contributed by atoms with van der Waals surface area (Å²) < 4.78 is 21.0. The predicted octanol–water partition coefficient (Wildman–Crippen LogP) is 4.77. The van der Waals surface area contributed by atoms with E-state index in [1.54, 1.807) is 60.7 Å². The number of amides is 2. The summed E-state index contributed by atoms with van der Waals surface area (Å²) in [6, 6.07) is 16.1. The van der Waals surface area contributed by atoms with E-state index in [4.69, 9.17) is 22.1 Å². The molecule has 3 aromatic rings. The van der Waals surface area contributed by atoms with E-state index in [0.717, 1.165) is 0 Å². The molecule has 3 aromatic carbocycles. The molecule has 0 saturated carbocycles. The van der Waals surface area contributed by atoms with Crippen LogP contribution in [0.2, 0.25) is 5.02 Å². The topological polar surface area (TPSA) is 84.6 Å². The lowest BCUT2D eigenvalue weighted by Crippen LogP contribution is -2.19. The number of primary amides is 1. The third-order valence-electron chi connectivity index (χ3n) is 4.61. The van der Waals surface area contributed by atoms with Crippen LogP contribution in [-0.2, 0) is 0 Å². The summed E-state index contributed by atoms with van der Waals surface area (Å²) in [7, 11) is 1.47. The Labute approximate surface area is 172 Å². The quantitative estimate of drug-likeness (QED) is 0.543. The van der Waals surface area contributed by atoms with Crippen LogP contribution in [0, 0.1) is 5.82 Å². The van der Waals surface area contributed by atoms with Gasteiger partial charge in [-0.15, -0.1) is 0 Å². The van der Waals surface area contributed by atoms with Gasteiger partial charge < -0.3 is 20.9 Å². The number of aliphatic hydroxyl groups is 1. The second-order valence-electron chi connectivity index (χ2n) is 6.40. The molecule has 1 unspecified atom stereocenters. The third kappa shape index (κ3) is 4.50. The van der Waals surface area contributed by atoms with Crippen LogP contribution in [0.1, 0.15) is 17.0 Å². The van der Waals surface area contributed by atoms with Gasteiger partial charge in [0.1, 0.15) is 11.6 Å². The number of hydrogen-bond donors (Lipinski definition) is 3. The molecule has 0 spiro atoms. The number of nitrogens with two attached hydrogens (primary N) is 1. The molecule has 0 saturated heterocycles. The number of carbonyl (C=O) groups excluding carboxylic acids is 1. The van der Waals surface area contributed by atoms with Crippen molar-refractivity contribution in [1.29, 1.82) is 0 Å². The van der Waals surface area contributed by atoms with E-state index in [1.165, 1.54) is 7.11 Å². The Hall–Kier alpha value is -3.09. The van der Waals surface area contributed by atoms with Crippen molar-refractivity contribution in [2.75, 3.05) is 19.0 Å². The SMILES string of the molecule is COc1ccc(C(CO)c2ccc(NC(N)=O)cc2)c(F)c1-c1cccc(Cl)c1. The number of rotatable bonds is 6. The maximum Gasteiger partial charge on any atom is 0.316 e. The van der Waals surface area contributed by atoms with Crippen LogP contribution in [-0.4, -0.2) is 24.9 Å². The average molecular weight is 415 g/mol. The van der Waals surface area contributed by atoms with Crippen LogP contribution >= 0.6 is 11.6 Å². The van der Waals surface area contributed by atoms with Crippen LogP contribution in [0.5, 0.6) is 5.75 Å². The van der Waals surface area contributed by atoms with Crippen molar-refractivity contribution in [2.45, 2.75) is 5.92 Å². The van der Waals surface area contributed by atoms with Gasteiger partial charge in [0, 0.05) is 16.6 Å². The fourth-order valence-corrected chi connectivity index (χ4v) is 3.44. The first-order valence-electron chi connectivity index (χ1n) is 8.84. The number of halogens is 2. The average Bonchev–Trinajstić information content (AvgIpc) is 2.70. The van der Waals surface area contributed by atoms with Crippen molar-refractivity contribution < 1.29 is 19.0 Å². The number of benzene rings is 3. The zero-order valence-corrected chi connectivity index (χ0v) is 16.4. The monoisotopic (exact) mass is 414 g/mol. The number of urea groups is 1. The summed E-state index contributed by atoms with van der Waals surface area (Å²) in [5, 5.41) is 12.9. The zero-order valence-electron chi connectivity index (χ0n) is 15.7. The molecule has 0 aromatic heterocycles. The lowest BCUT2D eigenvalue weighted by Gasteiger charge is -2.20. The van der Waals surface area contributed by atoms with Gasteiger partial charge in [0.15, 0.2) is 0 Å². The number of nitrogens with one attached hydrogen (secondary N) is 1. The molecule has 3 rings (SSSR count). The van der Waals surface area contributed by atoms with Gasteiger partial charge in [-0.3, -0.25) is 0 Å². The first-order valence-corrected chi connectivity index (χ1v) is 9.22. The second-order valence-corrected chi connectivity index (χ2v) is 6.84. The smallest absolute Gasteiger partial charge is 0.316 e. The highest BCUT2D eigenvalue weighted by molar-refractivity contribution is 6.30. The first kappa shape index (κ1) is 20.6. The molecule has 4 N–H and O–H groups in total. The fourth-order valence-electron chi connectivity index (χ4n) is 3.25. The number of hydrogen-bond acceptors (Lipinski definition) is 3. The Morgan fingerprint density at radius 3 is 2.52 bits per heavy atom. The Bertz CT molecular complexity index is 1030. The molecule has 0 radical (unpaired) electrons. The van der Waals surface area contributed by atoms with E-state index in [1.807, 2.05) is 0 Å². The van der Waals surface area contributed by atoms with E-state index in [2.05, 4.69) is 5.32 Å². The van der Waals surface area contributed by atoms with Gasteiger partial charge in [0.25, 0.3) is 0 Å². The highest BCUT2D eigenvalue weighted by Gasteiger charge is 2.23. The van der Waals surface area contributed by atoms with Crippen LogP contribution < -0.4 is 15.8 Å². The molecule has 7 heteroatoms. The second kappa shape index (κ2) is 8.94. The number of aliphatic hydroxyl groups excluding tert-OH is 1. The van der Waals surface area contributed by atoms with Crippen LogP contribution in [0.25, 0.3) is 11.1 Å². The summed E-state index contributed by atoms with van der Waals surface area (Å²) in [6.07, 6.45) is 0. The molecule has 0 aliphatic heterocycles. The summed E-state index contributed by atoms with van der Waals surface area (Å²) in [5.41, 5.74) is 7.47. The third-order valence-corrected chi connectivity index (χ3v) is 4.84. The molecule has 0 heterocycles. The summed E-state index contributed by atoms with van der Waals surface area (Å²) >= 11 is 6.08. The Balaban J connectivity index is 2.07. The zero-order chi connectivity index (χ0) is 21.0. The number of carbonyl (C=O) groups is 1. The summed E-state index contributed by atoms with van der Waals surface area (Å²) in [6.45, 7) is -0.305. The molecule has 150 valence electrons. The van der Waals surface area contributed by atoms with Gasteiger partial charge in [-0.25, -0.2) is 9.18 Å². The minimum absolute atomic E-state index is 0.276. The van der Waals surface area contributed by atoms with E-state index < -0.39 is 17.8 Å². The maximum atomic E-state index is 15.6. The predicted molar refractivity (Wildman–Crippen MR) is 112 cm³/mol. The Morgan fingerprint density at radius 1 is 1.21 bits per heavy atom. The van der Waals surface area contributed by atoms with Crippen molar-refractivity contribution in [2.24, 2.45) is 5.73 Å². The molecule has 0 bridgehead atoms. The van der Waals surface area contributed by atoms with Gasteiger partial charge in [0.2, 0.25) is 0 Å². The van der Waals surface area contributed by atoms with Crippen LogP contribution in [0.3, 0.4) is 0 Å². The van der Waals surface area contributed by atoms with Crippen molar-refractivity contribution in [3.05, 3.63) is 82.6 Å². The van der Waals surface area contributed by atoms with E-state index in [0.29, 0.717) is 33.1 Å². The number of anilines is 1. The maximum absolute atomic E-state index is 15.6. The van der Waals surface area contributed by atoms with Crippen molar-refractivity contribution in [1.82, 2.24) is 0 Å². The van der Waals surface area contributed by atoms with Gasteiger partial charge >= 0.3 is 6.03 Å². The first-order chi connectivity index (χ1) is 13.9. The van der Waals surface area contributed by atoms with Gasteiger partial charge in [0.05, 0.1) is 19.3 Å². The molecule has 0 fully saturated rings. The van der Waals surface area contributed by atoms with Crippen molar-refractivity contribution in [3.63, 3.8) is 0 Å². The molecule has 2 amide bonds. The lowest BCUT2D eigenvalue weighted by atomic mass is 9.88. The van der Waals surface area contributed by atoms with E-state index in [-0.39, 0.29) is 12.2 Å². The highest BCUT2D eigenvalue weighted by atomic mass is 35.5. The lowest BCUT2D eigenvalue weighted by molar-refractivity contribution is 0.259. The summed E-state index contributed by atoms with van der Waals surface area (Å²) in [5.74, 6) is -0.738. The minimum Gasteiger partial charge on any atom is -0.496 e. The Kier molecular flexibility index (Phi) is 6.36. The fraction of sp³-hybridized carbons (Fsp3) is 0.136. The van der Waals surface area contributed by atoms with Crippen molar-refractivity contribution >= 4 is 23.3 Å². The molecule has 29 heavy (non-hydrogen) atoms. The standard InChI is InChI=1S/C22H20ClFN2O3/c1-29-19-10-9-17(21(24)20(19)14-3-2-4-15(23)11-14)18(12-27)13-5-7-16(8-6-13)26-22(25)28/h2-11,18,27H,12H2,1H3,(H3,25,26,28). The molecule has 5 nitrogen and oxygen atoms in total. The largest absolute Gasteiger partial charge is 0.496 e. The molecule has 0 aliphatic rings. The van der Waals surface area contributed by atoms with E-state index in [9.17, 15) is 9.90 Å². The molecule has 1 atom stereocenters. The molecule has 0 aliphatic carbocycles. The van der Waals surface area contributed by atoms with Crippen molar-refractivity contribution in [3.8, 4) is 16.9 Å². The van der Waals surface area contributed by atoms with Gasteiger partial charge in [-0.2, -0.15) is 0 Å². The van der Waals surface area contributed by atoms with Gasteiger partial charge in [-0.1, -0.05) is 41.9 Å².